The minimum absolute atomic E-state index is 0.326. The number of hydrogen-bond acceptors (Lipinski definition) is 5. The molecule has 0 radical (unpaired) electrons. The number of aryl methyl sites for hydroxylation is 1. The van der Waals surface area contributed by atoms with Crippen LogP contribution in [0.4, 0.5) is 0 Å². The average molecular weight is 173 g/mol. The van der Waals surface area contributed by atoms with Gasteiger partial charge in [-0.15, -0.1) is 10.2 Å². The molecule has 0 saturated heterocycles. The van der Waals surface area contributed by atoms with Gasteiger partial charge in [-0.3, -0.25) is 0 Å². The lowest BCUT2D eigenvalue weighted by molar-refractivity contribution is 0.457. The molecule has 4 nitrogen and oxygen atoms in total. The third-order valence-corrected chi connectivity index (χ3v) is 1.82. The molecule has 0 unspecified atom stereocenters. The maximum atomic E-state index is 5.29. The summed E-state index contributed by atoms with van der Waals surface area (Å²) in [5.41, 5.74) is 5.29. The van der Waals surface area contributed by atoms with Crippen molar-refractivity contribution in [2.24, 2.45) is 5.73 Å². The molecule has 0 bridgehead atoms. The Kier molecular flexibility index (Phi) is 3.38. The predicted molar refractivity (Wildman–Crippen MR) is 44.3 cm³/mol. The highest BCUT2D eigenvalue weighted by Crippen LogP contribution is 2.02. The molecule has 0 aliphatic carbocycles. The number of nitrogens with two attached hydrogens (primary N) is 1. The molecule has 11 heavy (non-hydrogen) atoms. The van der Waals surface area contributed by atoms with Crippen LogP contribution in [0, 0.1) is 0 Å². The fourth-order valence-electron chi connectivity index (χ4n) is 0.661. The fourth-order valence-corrected chi connectivity index (χ4v) is 1.04. The molecule has 0 saturated carbocycles. The topological polar surface area (TPSA) is 64.9 Å². The second kappa shape index (κ2) is 4.35. The standard InChI is InChI=1S/C6H11N3OS/c1-11-3-2-5-8-9-6(4-7)10-5/h2-4,7H2,1H3. The molecule has 0 atom stereocenters. The van der Waals surface area contributed by atoms with Crippen molar-refractivity contribution in [3.63, 3.8) is 0 Å². The van der Waals surface area contributed by atoms with Gasteiger partial charge >= 0.3 is 0 Å². The van der Waals surface area contributed by atoms with E-state index in [2.05, 4.69) is 10.2 Å². The van der Waals surface area contributed by atoms with Gasteiger partial charge in [0.1, 0.15) is 0 Å². The number of nitrogens with zero attached hydrogens (tertiary/aromatic N) is 2. The van der Waals surface area contributed by atoms with Crippen molar-refractivity contribution >= 4 is 11.8 Å². The van der Waals surface area contributed by atoms with Crippen molar-refractivity contribution in [1.29, 1.82) is 0 Å². The lowest BCUT2D eigenvalue weighted by atomic mass is 10.5. The molecule has 1 aromatic heterocycles. The van der Waals surface area contributed by atoms with Gasteiger partial charge in [-0.05, 0) is 6.26 Å². The number of hydrogen-bond donors (Lipinski definition) is 1. The van der Waals surface area contributed by atoms with Gasteiger partial charge < -0.3 is 10.2 Å². The van der Waals surface area contributed by atoms with Gasteiger partial charge in [0.15, 0.2) is 0 Å². The molecule has 62 valence electrons. The lowest BCUT2D eigenvalue weighted by Gasteiger charge is -1.88. The van der Waals surface area contributed by atoms with E-state index in [1.54, 1.807) is 11.8 Å². The van der Waals surface area contributed by atoms with Gasteiger partial charge in [0, 0.05) is 12.2 Å². The van der Waals surface area contributed by atoms with Crippen LogP contribution < -0.4 is 5.73 Å². The van der Waals surface area contributed by atoms with E-state index in [1.807, 2.05) is 6.26 Å². The smallest absolute Gasteiger partial charge is 0.230 e. The molecular formula is C6H11N3OS. The van der Waals surface area contributed by atoms with E-state index in [0.717, 1.165) is 12.2 Å². The van der Waals surface area contributed by atoms with Gasteiger partial charge in [0.2, 0.25) is 11.8 Å². The summed E-state index contributed by atoms with van der Waals surface area (Å²) in [5, 5.41) is 7.55. The summed E-state index contributed by atoms with van der Waals surface area (Å²) in [6.45, 7) is 0.326. The van der Waals surface area contributed by atoms with Crippen molar-refractivity contribution in [3.8, 4) is 0 Å². The van der Waals surface area contributed by atoms with Crippen LogP contribution in [0.1, 0.15) is 11.8 Å². The first-order valence-electron chi connectivity index (χ1n) is 3.37. The quantitative estimate of drug-likeness (QED) is 0.715. The van der Waals surface area contributed by atoms with Crippen LogP contribution in [0.15, 0.2) is 4.42 Å². The largest absolute Gasteiger partial charge is 0.424 e. The van der Waals surface area contributed by atoms with Gasteiger partial charge in [0.25, 0.3) is 0 Å². The summed E-state index contributed by atoms with van der Waals surface area (Å²) in [4.78, 5) is 0. The highest BCUT2D eigenvalue weighted by Gasteiger charge is 2.02. The third-order valence-electron chi connectivity index (χ3n) is 1.20. The molecular weight excluding hydrogens is 162 g/mol. The zero-order chi connectivity index (χ0) is 8.10. The van der Waals surface area contributed by atoms with E-state index in [9.17, 15) is 0 Å². The molecule has 0 aliphatic heterocycles. The molecule has 1 heterocycles. The summed E-state index contributed by atoms with van der Waals surface area (Å²) < 4.78 is 5.17. The van der Waals surface area contributed by atoms with Crippen LogP contribution in [0.3, 0.4) is 0 Å². The van der Waals surface area contributed by atoms with Gasteiger partial charge in [-0.1, -0.05) is 0 Å². The van der Waals surface area contributed by atoms with E-state index in [0.29, 0.717) is 18.3 Å². The van der Waals surface area contributed by atoms with Crippen LogP contribution in [0.5, 0.6) is 0 Å². The Morgan fingerprint density at radius 2 is 2.18 bits per heavy atom. The minimum Gasteiger partial charge on any atom is -0.424 e. The van der Waals surface area contributed by atoms with Gasteiger partial charge in [0.05, 0.1) is 6.54 Å². The van der Waals surface area contributed by atoms with Crippen LogP contribution in [-0.4, -0.2) is 22.2 Å². The zero-order valence-corrected chi connectivity index (χ0v) is 7.23. The molecule has 0 spiro atoms. The molecule has 5 heteroatoms. The summed E-state index contributed by atoms with van der Waals surface area (Å²) >= 11 is 1.75. The predicted octanol–water partition coefficient (Wildman–Crippen LogP) is 0.434. The molecule has 1 aromatic rings. The van der Waals surface area contributed by atoms with Gasteiger partial charge in [-0.25, -0.2) is 0 Å². The summed E-state index contributed by atoms with van der Waals surface area (Å²) in [6, 6.07) is 0. The summed E-state index contributed by atoms with van der Waals surface area (Å²) in [7, 11) is 0. The second-order valence-corrected chi connectivity index (χ2v) is 3.02. The highest BCUT2D eigenvalue weighted by atomic mass is 32.2. The second-order valence-electron chi connectivity index (χ2n) is 2.04. The highest BCUT2D eigenvalue weighted by molar-refractivity contribution is 7.98. The molecule has 1 rings (SSSR count). The Balaban J connectivity index is 2.44. The lowest BCUT2D eigenvalue weighted by Crippen LogP contribution is -1.95. The van der Waals surface area contributed by atoms with E-state index >= 15 is 0 Å². The minimum atomic E-state index is 0.326. The van der Waals surface area contributed by atoms with Crippen LogP contribution in [-0.2, 0) is 13.0 Å². The van der Waals surface area contributed by atoms with E-state index in [4.69, 9.17) is 10.2 Å². The van der Waals surface area contributed by atoms with Crippen molar-refractivity contribution in [2.75, 3.05) is 12.0 Å². The third kappa shape index (κ3) is 2.51. The SMILES string of the molecule is CSCCc1nnc(CN)o1. The van der Waals surface area contributed by atoms with Crippen molar-refractivity contribution in [2.45, 2.75) is 13.0 Å². The van der Waals surface area contributed by atoms with E-state index < -0.39 is 0 Å². The molecule has 0 aromatic carbocycles. The Bertz CT molecular complexity index is 213. The molecule has 2 N–H and O–H groups in total. The monoisotopic (exact) mass is 173 g/mol. The fraction of sp³-hybridized carbons (Fsp3) is 0.667. The number of thioether (sulfide) groups is 1. The Labute approximate surface area is 69.6 Å². The van der Waals surface area contributed by atoms with Crippen LogP contribution in [0.2, 0.25) is 0 Å². The van der Waals surface area contributed by atoms with E-state index in [1.165, 1.54) is 0 Å². The van der Waals surface area contributed by atoms with Crippen molar-refractivity contribution < 1.29 is 4.42 Å². The Morgan fingerprint density at radius 3 is 2.73 bits per heavy atom. The first-order chi connectivity index (χ1) is 5.36. The molecule has 0 aliphatic rings. The first kappa shape index (κ1) is 8.55. The van der Waals surface area contributed by atoms with Crippen LogP contribution in [0.25, 0.3) is 0 Å². The maximum absolute atomic E-state index is 5.29. The van der Waals surface area contributed by atoms with Crippen LogP contribution >= 0.6 is 11.8 Å². The van der Waals surface area contributed by atoms with Crippen molar-refractivity contribution in [1.82, 2.24) is 10.2 Å². The van der Waals surface area contributed by atoms with Crippen molar-refractivity contribution in [3.05, 3.63) is 11.8 Å². The summed E-state index contributed by atoms with van der Waals surface area (Å²) in [6.07, 6.45) is 2.87. The number of aromatic nitrogens is 2. The first-order valence-corrected chi connectivity index (χ1v) is 4.76. The van der Waals surface area contributed by atoms with E-state index in [-0.39, 0.29) is 0 Å². The maximum Gasteiger partial charge on any atom is 0.230 e. The normalized spacial score (nSPS) is 10.4. The molecule has 0 amide bonds. The summed E-state index contributed by atoms with van der Waals surface area (Å²) in [5.74, 6) is 2.20. The average Bonchev–Trinajstić information content (AvgIpc) is 2.48. The van der Waals surface area contributed by atoms with Gasteiger partial charge in [-0.2, -0.15) is 11.8 Å². The number of rotatable bonds is 4. The Hall–Kier alpha value is -0.550. The molecule has 0 fully saturated rings. The zero-order valence-electron chi connectivity index (χ0n) is 6.41. The Morgan fingerprint density at radius 1 is 1.45 bits per heavy atom.